The number of amides is 5. The minimum atomic E-state index is -0.994. The summed E-state index contributed by atoms with van der Waals surface area (Å²) < 4.78 is 0. The Kier molecular flexibility index (Phi) is 11.7. The Hall–Kier alpha value is -3.90. The first-order valence-corrected chi connectivity index (χ1v) is 18.2. The van der Waals surface area contributed by atoms with E-state index in [4.69, 9.17) is 0 Å². The van der Waals surface area contributed by atoms with E-state index in [0.717, 1.165) is 64.2 Å². The standard InChI is InChI=1S/C36H53N7O6/c1-5-10-25(29(44)34(48)39-23-15-16-23)40-33(47)28-24-14-9-13-22(24)20-43(28)35(49)30(36(2,3)4)42-32(46)27(21-11-7-6-8-12-21)41-31(45)26-19-37-17-18-38-26/h17-19,21-25,27-28,30H,5-16,20H2,1-4H3,(H,39,48)(H,40,47)(H,41,45)(H,42,46)/t22-,24-,25-,27-,28?,30?/m0/s1. The van der Waals surface area contributed by atoms with Gasteiger partial charge < -0.3 is 26.2 Å². The molecule has 0 aromatic carbocycles. The van der Waals surface area contributed by atoms with Crippen LogP contribution < -0.4 is 21.3 Å². The molecule has 2 heterocycles. The number of nitrogens with one attached hydrogen (secondary N) is 4. The fourth-order valence-corrected chi connectivity index (χ4v) is 7.87. The molecule has 1 aromatic rings. The lowest BCUT2D eigenvalue weighted by molar-refractivity contribution is -0.146. The molecule has 0 bridgehead atoms. The first-order chi connectivity index (χ1) is 23.4. The summed E-state index contributed by atoms with van der Waals surface area (Å²) in [5, 5.41) is 11.5. The molecule has 268 valence electrons. The maximum absolute atomic E-state index is 14.6. The summed E-state index contributed by atoms with van der Waals surface area (Å²) in [6.45, 7) is 7.85. The summed E-state index contributed by atoms with van der Waals surface area (Å²) in [5.74, 6) is -3.20. The van der Waals surface area contributed by atoms with Gasteiger partial charge in [0.05, 0.1) is 12.2 Å². The second-order valence-electron chi connectivity index (χ2n) is 15.5. The van der Waals surface area contributed by atoms with Gasteiger partial charge in [0.1, 0.15) is 23.8 Å². The normalized spacial score (nSPS) is 24.2. The van der Waals surface area contributed by atoms with Crippen LogP contribution in [0.5, 0.6) is 0 Å². The number of hydrogen-bond donors (Lipinski definition) is 4. The third kappa shape index (κ3) is 8.83. The van der Waals surface area contributed by atoms with Gasteiger partial charge in [-0.05, 0) is 68.1 Å². The van der Waals surface area contributed by atoms with Crippen LogP contribution in [0, 0.1) is 23.2 Å². The van der Waals surface area contributed by atoms with Crippen LogP contribution >= 0.6 is 0 Å². The fourth-order valence-electron chi connectivity index (χ4n) is 7.87. The second-order valence-corrected chi connectivity index (χ2v) is 15.5. The molecular formula is C36H53N7O6. The predicted octanol–water partition coefficient (Wildman–Crippen LogP) is 2.45. The molecule has 4 fully saturated rings. The molecule has 2 unspecified atom stereocenters. The zero-order valence-electron chi connectivity index (χ0n) is 29.3. The van der Waals surface area contributed by atoms with E-state index in [1.807, 2.05) is 27.7 Å². The van der Waals surface area contributed by atoms with Crippen molar-refractivity contribution in [3.63, 3.8) is 0 Å². The Labute approximate surface area is 288 Å². The maximum atomic E-state index is 14.6. The quantitative estimate of drug-likeness (QED) is 0.230. The Balaban J connectivity index is 1.36. The predicted molar refractivity (Wildman–Crippen MR) is 181 cm³/mol. The topological polar surface area (TPSA) is 180 Å². The molecule has 4 N–H and O–H groups in total. The molecule has 3 aliphatic carbocycles. The van der Waals surface area contributed by atoms with Crippen molar-refractivity contribution in [3.8, 4) is 0 Å². The van der Waals surface area contributed by atoms with Crippen molar-refractivity contribution >= 4 is 35.3 Å². The van der Waals surface area contributed by atoms with Crippen molar-refractivity contribution < 1.29 is 28.8 Å². The highest BCUT2D eigenvalue weighted by molar-refractivity contribution is 6.38. The first-order valence-electron chi connectivity index (χ1n) is 18.2. The monoisotopic (exact) mass is 679 g/mol. The molecule has 13 nitrogen and oxygen atoms in total. The zero-order chi connectivity index (χ0) is 35.3. The van der Waals surface area contributed by atoms with E-state index in [1.165, 1.54) is 18.6 Å². The van der Waals surface area contributed by atoms with Gasteiger partial charge in [0.2, 0.25) is 23.5 Å². The molecule has 1 aromatic heterocycles. The van der Waals surface area contributed by atoms with Crippen molar-refractivity contribution in [2.24, 2.45) is 23.2 Å². The molecule has 1 saturated heterocycles. The Morgan fingerprint density at radius 3 is 2.27 bits per heavy atom. The Morgan fingerprint density at radius 1 is 0.898 bits per heavy atom. The summed E-state index contributed by atoms with van der Waals surface area (Å²) in [6, 6.07) is -3.68. The van der Waals surface area contributed by atoms with Gasteiger partial charge in [0.15, 0.2) is 0 Å². The highest BCUT2D eigenvalue weighted by atomic mass is 16.2. The van der Waals surface area contributed by atoms with Gasteiger partial charge in [0.25, 0.3) is 11.8 Å². The summed E-state index contributed by atoms with van der Waals surface area (Å²) >= 11 is 0. The maximum Gasteiger partial charge on any atom is 0.289 e. The van der Waals surface area contributed by atoms with Crippen LogP contribution in [0.15, 0.2) is 18.6 Å². The van der Waals surface area contributed by atoms with E-state index in [2.05, 4.69) is 31.2 Å². The molecule has 5 rings (SSSR count). The SMILES string of the molecule is CCC[C@H](NC(=O)C1[C@H]2CCC[C@H]2CN1C(=O)C(NC(=O)[C@@H](NC(=O)c1cnccn1)C1CCCCC1)C(C)(C)C)C(=O)C(=O)NC1CC1. The summed E-state index contributed by atoms with van der Waals surface area (Å²) in [5.41, 5.74) is -0.638. The molecule has 13 heteroatoms. The fraction of sp³-hybridized carbons (Fsp3) is 0.722. The summed E-state index contributed by atoms with van der Waals surface area (Å²) in [4.78, 5) is 91.4. The van der Waals surface area contributed by atoms with Gasteiger partial charge >= 0.3 is 0 Å². The molecule has 6 atom stereocenters. The lowest BCUT2D eigenvalue weighted by Crippen LogP contribution is -2.62. The molecule has 1 aliphatic heterocycles. The van der Waals surface area contributed by atoms with Crippen molar-refractivity contribution in [3.05, 3.63) is 24.3 Å². The number of Topliss-reactive ketones (excluding diaryl/α,β-unsaturated/α-hetero) is 1. The average molecular weight is 680 g/mol. The summed E-state index contributed by atoms with van der Waals surface area (Å²) in [7, 11) is 0. The van der Waals surface area contributed by atoms with Crippen LogP contribution in [-0.4, -0.2) is 86.9 Å². The molecule has 3 saturated carbocycles. The number of likely N-dealkylation sites (tertiary alicyclic amines) is 1. The van der Waals surface area contributed by atoms with Crippen LogP contribution in [0.3, 0.4) is 0 Å². The minimum absolute atomic E-state index is 0.0132. The highest BCUT2D eigenvalue weighted by Crippen LogP contribution is 2.43. The molecule has 49 heavy (non-hydrogen) atoms. The first kappa shape index (κ1) is 36.4. The number of carbonyl (C=O) groups is 6. The number of nitrogens with zero attached hydrogens (tertiary/aromatic N) is 3. The summed E-state index contributed by atoms with van der Waals surface area (Å²) in [6.07, 6.45) is 13.9. The van der Waals surface area contributed by atoms with Crippen LogP contribution in [0.2, 0.25) is 0 Å². The van der Waals surface area contributed by atoms with E-state index in [1.54, 1.807) is 4.90 Å². The van der Waals surface area contributed by atoms with Crippen LogP contribution in [0.25, 0.3) is 0 Å². The molecule has 0 radical (unpaired) electrons. The van der Waals surface area contributed by atoms with E-state index in [0.29, 0.717) is 19.4 Å². The number of carbonyl (C=O) groups excluding carboxylic acids is 6. The van der Waals surface area contributed by atoms with Crippen LogP contribution in [-0.2, 0) is 24.0 Å². The van der Waals surface area contributed by atoms with Gasteiger partial charge in [-0.3, -0.25) is 33.8 Å². The number of rotatable bonds is 13. The molecule has 5 amide bonds. The van der Waals surface area contributed by atoms with Crippen LogP contribution in [0.4, 0.5) is 0 Å². The van der Waals surface area contributed by atoms with E-state index < -0.39 is 59.0 Å². The lowest BCUT2D eigenvalue weighted by Gasteiger charge is -2.38. The highest BCUT2D eigenvalue weighted by Gasteiger charge is 2.52. The van der Waals surface area contributed by atoms with Gasteiger partial charge in [-0.2, -0.15) is 0 Å². The van der Waals surface area contributed by atoms with Gasteiger partial charge in [-0.1, -0.05) is 59.8 Å². The van der Waals surface area contributed by atoms with Crippen molar-refractivity contribution in [2.45, 2.75) is 135 Å². The largest absolute Gasteiger partial charge is 0.347 e. The zero-order valence-corrected chi connectivity index (χ0v) is 29.3. The lowest BCUT2D eigenvalue weighted by atomic mass is 9.82. The third-order valence-electron chi connectivity index (χ3n) is 10.7. The van der Waals surface area contributed by atoms with E-state index >= 15 is 0 Å². The van der Waals surface area contributed by atoms with Crippen molar-refractivity contribution in [1.82, 2.24) is 36.1 Å². The van der Waals surface area contributed by atoms with E-state index in [9.17, 15) is 28.8 Å². The Morgan fingerprint density at radius 2 is 1.63 bits per heavy atom. The van der Waals surface area contributed by atoms with Crippen molar-refractivity contribution in [2.75, 3.05) is 6.54 Å². The number of fused-ring (bicyclic) bond motifs is 1. The third-order valence-corrected chi connectivity index (χ3v) is 10.7. The van der Waals surface area contributed by atoms with Crippen LogP contribution in [0.1, 0.15) is 115 Å². The number of hydrogen-bond acceptors (Lipinski definition) is 8. The van der Waals surface area contributed by atoms with Gasteiger partial charge in [0, 0.05) is 25.0 Å². The second kappa shape index (κ2) is 15.8. The molecule has 4 aliphatic rings. The number of ketones is 1. The number of aromatic nitrogens is 2. The van der Waals surface area contributed by atoms with E-state index in [-0.39, 0.29) is 35.4 Å². The smallest absolute Gasteiger partial charge is 0.289 e. The van der Waals surface area contributed by atoms with Gasteiger partial charge in [-0.25, -0.2) is 4.98 Å². The van der Waals surface area contributed by atoms with Gasteiger partial charge in [-0.15, -0.1) is 0 Å². The Bertz CT molecular complexity index is 1390. The molecule has 0 spiro atoms. The average Bonchev–Trinajstić information content (AvgIpc) is 3.65. The minimum Gasteiger partial charge on any atom is -0.347 e. The van der Waals surface area contributed by atoms with Crippen molar-refractivity contribution in [1.29, 1.82) is 0 Å². The molecular weight excluding hydrogens is 626 g/mol.